The Morgan fingerprint density at radius 1 is 1.14 bits per heavy atom. The van der Waals surface area contributed by atoms with Crippen LogP contribution in [0.3, 0.4) is 0 Å². The number of para-hydroxylation sites is 1. The lowest BCUT2D eigenvalue weighted by molar-refractivity contribution is -0.121. The summed E-state index contributed by atoms with van der Waals surface area (Å²) < 4.78 is 5.39. The Bertz CT molecular complexity index is 936. The molecule has 1 aromatic heterocycles. The van der Waals surface area contributed by atoms with Gasteiger partial charge in [0.05, 0.1) is 6.54 Å². The molecule has 1 N–H and O–H groups in total. The van der Waals surface area contributed by atoms with Crippen LogP contribution < -0.4 is 5.32 Å². The SMILES string of the molecule is O=C(Nc1ccccc1)C1CCN(Cc2nc(-c3cccc(Cl)c3)no2)CC1. The molecule has 6 nitrogen and oxygen atoms in total. The third-order valence-corrected chi connectivity index (χ3v) is 5.14. The Labute approximate surface area is 168 Å². The predicted molar refractivity (Wildman–Crippen MR) is 108 cm³/mol. The van der Waals surface area contributed by atoms with Gasteiger partial charge in [-0.05, 0) is 50.2 Å². The number of hydrogen-bond acceptors (Lipinski definition) is 5. The number of piperidine rings is 1. The lowest BCUT2D eigenvalue weighted by Crippen LogP contribution is -2.37. The molecule has 3 aromatic rings. The molecule has 1 aliphatic heterocycles. The first-order chi connectivity index (χ1) is 13.7. The second kappa shape index (κ2) is 8.54. The molecule has 2 aromatic carbocycles. The Hall–Kier alpha value is -2.70. The molecule has 0 unspecified atom stereocenters. The minimum atomic E-state index is 0.0289. The fourth-order valence-electron chi connectivity index (χ4n) is 3.37. The third kappa shape index (κ3) is 4.58. The Morgan fingerprint density at radius 2 is 1.93 bits per heavy atom. The van der Waals surface area contributed by atoms with E-state index in [9.17, 15) is 4.79 Å². The van der Waals surface area contributed by atoms with Crippen LogP contribution in [0, 0.1) is 5.92 Å². The molecule has 144 valence electrons. The number of benzene rings is 2. The molecule has 0 aliphatic carbocycles. The van der Waals surface area contributed by atoms with Gasteiger partial charge in [0.15, 0.2) is 0 Å². The molecule has 0 saturated carbocycles. The third-order valence-electron chi connectivity index (χ3n) is 4.91. The molecule has 4 rings (SSSR count). The quantitative estimate of drug-likeness (QED) is 0.698. The molecule has 1 saturated heterocycles. The largest absolute Gasteiger partial charge is 0.338 e. The molecule has 0 bridgehead atoms. The van der Waals surface area contributed by atoms with Gasteiger partial charge < -0.3 is 9.84 Å². The Morgan fingerprint density at radius 3 is 2.68 bits per heavy atom. The van der Waals surface area contributed by atoms with E-state index >= 15 is 0 Å². The first kappa shape index (κ1) is 18.7. The predicted octanol–water partition coefficient (Wildman–Crippen LogP) is 4.24. The van der Waals surface area contributed by atoms with Gasteiger partial charge in [0, 0.05) is 22.2 Å². The Balaban J connectivity index is 1.29. The zero-order valence-electron chi connectivity index (χ0n) is 15.3. The summed E-state index contributed by atoms with van der Waals surface area (Å²) >= 11 is 6.02. The van der Waals surface area contributed by atoms with Crippen LogP contribution in [-0.4, -0.2) is 34.0 Å². The number of amides is 1. The van der Waals surface area contributed by atoms with Crippen molar-refractivity contribution in [3.8, 4) is 11.4 Å². The number of nitrogens with zero attached hydrogens (tertiary/aromatic N) is 3. The van der Waals surface area contributed by atoms with Crippen LogP contribution in [0.15, 0.2) is 59.1 Å². The van der Waals surface area contributed by atoms with E-state index in [1.807, 2.05) is 54.6 Å². The summed E-state index contributed by atoms with van der Waals surface area (Å²) in [6, 6.07) is 17.0. The van der Waals surface area contributed by atoms with E-state index < -0.39 is 0 Å². The highest BCUT2D eigenvalue weighted by Crippen LogP contribution is 2.23. The first-order valence-electron chi connectivity index (χ1n) is 9.34. The van der Waals surface area contributed by atoms with Crippen LogP contribution in [0.5, 0.6) is 0 Å². The summed E-state index contributed by atoms with van der Waals surface area (Å²) in [5.41, 5.74) is 1.67. The van der Waals surface area contributed by atoms with Crippen molar-refractivity contribution in [1.29, 1.82) is 0 Å². The van der Waals surface area contributed by atoms with Gasteiger partial charge in [0.25, 0.3) is 0 Å². The van der Waals surface area contributed by atoms with Crippen LogP contribution in [-0.2, 0) is 11.3 Å². The van der Waals surface area contributed by atoms with E-state index in [1.54, 1.807) is 0 Å². The van der Waals surface area contributed by atoms with Crippen LogP contribution in [0.25, 0.3) is 11.4 Å². The molecule has 2 heterocycles. The maximum atomic E-state index is 12.4. The van der Waals surface area contributed by atoms with Gasteiger partial charge >= 0.3 is 0 Å². The molecular weight excluding hydrogens is 376 g/mol. The number of likely N-dealkylation sites (tertiary alicyclic amines) is 1. The lowest BCUT2D eigenvalue weighted by Gasteiger charge is -2.30. The normalized spacial score (nSPS) is 15.5. The smallest absolute Gasteiger partial charge is 0.241 e. The van der Waals surface area contributed by atoms with E-state index in [1.165, 1.54) is 0 Å². The minimum absolute atomic E-state index is 0.0289. The van der Waals surface area contributed by atoms with Gasteiger partial charge in [-0.1, -0.05) is 47.1 Å². The molecule has 28 heavy (non-hydrogen) atoms. The van der Waals surface area contributed by atoms with Crippen LogP contribution in [0.4, 0.5) is 5.69 Å². The van der Waals surface area contributed by atoms with E-state index in [2.05, 4.69) is 20.4 Å². The molecule has 1 aliphatic rings. The van der Waals surface area contributed by atoms with Crippen LogP contribution in [0.1, 0.15) is 18.7 Å². The number of halogens is 1. The fourth-order valence-corrected chi connectivity index (χ4v) is 3.56. The molecule has 0 atom stereocenters. The highest BCUT2D eigenvalue weighted by Gasteiger charge is 2.26. The van der Waals surface area contributed by atoms with Crippen molar-refractivity contribution in [2.24, 2.45) is 5.92 Å². The zero-order chi connectivity index (χ0) is 19.3. The van der Waals surface area contributed by atoms with Crippen LogP contribution in [0.2, 0.25) is 5.02 Å². The number of carbonyl (C=O) groups excluding carboxylic acids is 1. The summed E-state index contributed by atoms with van der Waals surface area (Å²) in [5, 5.41) is 7.68. The second-order valence-corrected chi connectivity index (χ2v) is 7.36. The van der Waals surface area contributed by atoms with Crippen LogP contribution >= 0.6 is 11.6 Å². The number of aromatic nitrogens is 2. The summed E-state index contributed by atoms with van der Waals surface area (Å²) in [6.45, 7) is 2.23. The van der Waals surface area contributed by atoms with E-state index in [0.717, 1.165) is 37.2 Å². The standard InChI is InChI=1S/C21H21ClN4O2/c22-17-6-4-5-16(13-17)20-24-19(28-25-20)14-26-11-9-15(10-12-26)21(27)23-18-7-2-1-3-8-18/h1-8,13,15H,9-12,14H2,(H,23,27). The zero-order valence-corrected chi connectivity index (χ0v) is 16.1. The molecule has 7 heteroatoms. The number of rotatable bonds is 5. The highest BCUT2D eigenvalue weighted by molar-refractivity contribution is 6.30. The van der Waals surface area contributed by atoms with E-state index in [0.29, 0.717) is 23.3 Å². The molecule has 1 amide bonds. The van der Waals surface area contributed by atoms with Crippen molar-refractivity contribution in [3.63, 3.8) is 0 Å². The molecule has 0 spiro atoms. The maximum absolute atomic E-state index is 12.4. The summed E-state index contributed by atoms with van der Waals surface area (Å²) in [4.78, 5) is 19.1. The fraction of sp³-hybridized carbons (Fsp3) is 0.286. The highest BCUT2D eigenvalue weighted by atomic mass is 35.5. The van der Waals surface area contributed by atoms with Gasteiger partial charge in [-0.15, -0.1) is 0 Å². The van der Waals surface area contributed by atoms with Crippen molar-refractivity contribution in [2.45, 2.75) is 19.4 Å². The second-order valence-electron chi connectivity index (χ2n) is 6.93. The van der Waals surface area contributed by atoms with Gasteiger partial charge in [0.1, 0.15) is 0 Å². The first-order valence-corrected chi connectivity index (χ1v) is 9.72. The van der Waals surface area contributed by atoms with Gasteiger partial charge in [-0.25, -0.2) is 0 Å². The number of anilines is 1. The monoisotopic (exact) mass is 396 g/mol. The number of hydrogen-bond donors (Lipinski definition) is 1. The molecule has 1 fully saturated rings. The maximum Gasteiger partial charge on any atom is 0.241 e. The summed E-state index contributed by atoms with van der Waals surface area (Å²) in [6.07, 6.45) is 1.63. The Kier molecular flexibility index (Phi) is 5.69. The topological polar surface area (TPSA) is 71.3 Å². The van der Waals surface area contributed by atoms with Crippen molar-refractivity contribution >= 4 is 23.2 Å². The number of carbonyl (C=O) groups is 1. The van der Waals surface area contributed by atoms with E-state index in [4.69, 9.17) is 16.1 Å². The van der Waals surface area contributed by atoms with Crippen molar-refractivity contribution < 1.29 is 9.32 Å². The summed E-state index contributed by atoms with van der Waals surface area (Å²) in [5.74, 6) is 1.23. The van der Waals surface area contributed by atoms with Gasteiger partial charge in [0.2, 0.25) is 17.6 Å². The van der Waals surface area contributed by atoms with Gasteiger partial charge in [-0.2, -0.15) is 4.98 Å². The van der Waals surface area contributed by atoms with Crippen molar-refractivity contribution in [2.75, 3.05) is 18.4 Å². The number of nitrogens with one attached hydrogen (secondary N) is 1. The lowest BCUT2D eigenvalue weighted by atomic mass is 9.96. The van der Waals surface area contributed by atoms with Crippen molar-refractivity contribution in [1.82, 2.24) is 15.0 Å². The average Bonchev–Trinajstić information content (AvgIpc) is 3.18. The average molecular weight is 397 g/mol. The van der Waals surface area contributed by atoms with E-state index in [-0.39, 0.29) is 11.8 Å². The summed E-state index contributed by atoms with van der Waals surface area (Å²) in [7, 11) is 0. The molecule has 0 radical (unpaired) electrons. The van der Waals surface area contributed by atoms with Crippen molar-refractivity contribution in [3.05, 3.63) is 65.5 Å². The van der Waals surface area contributed by atoms with Gasteiger partial charge in [-0.3, -0.25) is 9.69 Å². The molecular formula is C21H21ClN4O2. The minimum Gasteiger partial charge on any atom is -0.338 e.